The van der Waals surface area contributed by atoms with E-state index in [4.69, 9.17) is 5.11 Å². The highest BCUT2D eigenvalue weighted by Crippen LogP contribution is 2.26. The highest BCUT2D eigenvalue weighted by atomic mass is 19.1. The Morgan fingerprint density at radius 3 is 2.21 bits per heavy atom. The third-order valence-electron chi connectivity index (χ3n) is 5.75. The summed E-state index contributed by atoms with van der Waals surface area (Å²) < 4.78 is 27.1. The molecule has 1 saturated carbocycles. The summed E-state index contributed by atoms with van der Waals surface area (Å²) in [4.78, 5) is 37.5. The number of amides is 2. The zero-order valence-corrected chi connectivity index (χ0v) is 15.5. The highest BCUT2D eigenvalue weighted by Gasteiger charge is 2.31. The SMILES string of the molecule is O=C(O)C1CCC(NC(=O)N2CCC(C(=O)c3cc(F)ccc3F)CC2)CC1. The van der Waals surface area contributed by atoms with E-state index in [9.17, 15) is 23.2 Å². The van der Waals surface area contributed by atoms with Crippen LogP contribution in [0.3, 0.4) is 0 Å². The Kier molecular flexibility index (Phi) is 6.26. The van der Waals surface area contributed by atoms with Gasteiger partial charge in [0.1, 0.15) is 11.6 Å². The zero-order chi connectivity index (χ0) is 20.3. The van der Waals surface area contributed by atoms with E-state index in [1.807, 2.05) is 0 Å². The normalized spacial score (nSPS) is 23.3. The van der Waals surface area contributed by atoms with Crippen LogP contribution in [0.25, 0.3) is 0 Å². The number of benzene rings is 1. The number of carbonyl (C=O) groups excluding carboxylic acids is 2. The van der Waals surface area contributed by atoms with Gasteiger partial charge in [-0.05, 0) is 56.7 Å². The lowest BCUT2D eigenvalue weighted by molar-refractivity contribution is -0.142. The maximum atomic E-state index is 13.8. The van der Waals surface area contributed by atoms with Crippen LogP contribution in [0.15, 0.2) is 18.2 Å². The van der Waals surface area contributed by atoms with E-state index in [2.05, 4.69) is 5.32 Å². The van der Waals surface area contributed by atoms with E-state index in [1.54, 1.807) is 4.90 Å². The minimum Gasteiger partial charge on any atom is -0.481 e. The van der Waals surface area contributed by atoms with Gasteiger partial charge in [-0.25, -0.2) is 13.6 Å². The molecule has 8 heteroatoms. The number of piperidine rings is 1. The summed E-state index contributed by atoms with van der Waals surface area (Å²) in [6, 6.07) is 2.59. The van der Waals surface area contributed by atoms with E-state index >= 15 is 0 Å². The zero-order valence-electron chi connectivity index (χ0n) is 15.5. The van der Waals surface area contributed by atoms with Crippen LogP contribution < -0.4 is 5.32 Å². The van der Waals surface area contributed by atoms with Crippen molar-refractivity contribution in [2.75, 3.05) is 13.1 Å². The number of carboxylic acid groups (broad SMARTS) is 1. The smallest absolute Gasteiger partial charge is 0.317 e. The standard InChI is InChI=1S/C20H24F2N2O4/c21-14-3-6-17(22)16(11-14)18(25)12-7-9-24(10-8-12)20(28)23-15-4-1-13(2-5-15)19(26)27/h3,6,11-13,15H,1-2,4-5,7-10H2,(H,23,28)(H,26,27). The Labute approximate surface area is 161 Å². The van der Waals surface area contributed by atoms with Gasteiger partial charge in [0.15, 0.2) is 5.78 Å². The van der Waals surface area contributed by atoms with Crippen LogP contribution >= 0.6 is 0 Å². The van der Waals surface area contributed by atoms with Crippen LogP contribution in [0, 0.1) is 23.5 Å². The van der Waals surface area contributed by atoms with Crippen LogP contribution in [0.1, 0.15) is 48.9 Å². The average molecular weight is 394 g/mol. The molecule has 1 heterocycles. The van der Waals surface area contributed by atoms with Gasteiger partial charge in [-0.15, -0.1) is 0 Å². The van der Waals surface area contributed by atoms with Gasteiger partial charge in [0, 0.05) is 25.0 Å². The minimum absolute atomic E-state index is 0.0381. The third kappa shape index (κ3) is 4.66. The quantitative estimate of drug-likeness (QED) is 0.768. The largest absolute Gasteiger partial charge is 0.481 e. The lowest BCUT2D eigenvalue weighted by Gasteiger charge is -2.34. The number of likely N-dealkylation sites (tertiary alicyclic amines) is 1. The lowest BCUT2D eigenvalue weighted by Crippen LogP contribution is -2.49. The Morgan fingerprint density at radius 1 is 0.964 bits per heavy atom. The Balaban J connectivity index is 1.48. The van der Waals surface area contributed by atoms with Gasteiger partial charge < -0.3 is 15.3 Å². The van der Waals surface area contributed by atoms with Gasteiger partial charge in [-0.3, -0.25) is 9.59 Å². The first-order chi connectivity index (χ1) is 13.3. The van der Waals surface area contributed by atoms with Gasteiger partial charge in [-0.1, -0.05) is 0 Å². The number of hydrogen-bond donors (Lipinski definition) is 2. The maximum absolute atomic E-state index is 13.8. The van der Waals surface area contributed by atoms with Gasteiger partial charge in [0.05, 0.1) is 11.5 Å². The monoisotopic (exact) mass is 394 g/mol. The molecule has 0 bridgehead atoms. The molecule has 0 atom stereocenters. The fraction of sp³-hybridized carbons (Fsp3) is 0.550. The van der Waals surface area contributed by atoms with Crippen LogP contribution in [0.4, 0.5) is 13.6 Å². The number of rotatable bonds is 4. The van der Waals surface area contributed by atoms with Gasteiger partial charge >= 0.3 is 12.0 Å². The fourth-order valence-corrected chi connectivity index (χ4v) is 4.00. The molecule has 2 aliphatic rings. The fourth-order valence-electron chi connectivity index (χ4n) is 4.00. The van der Waals surface area contributed by atoms with Crippen LogP contribution in [0.5, 0.6) is 0 Å². The molecule has 0 spiro atoms. The van der Waals surface area contributed by atoms with Crippen molar-refractivity contribution in [1.29, 1.82) is 0 Å². The molecule has 0 unspecified atom stereocenters. The molecule has 3 rings (SSSR count). The number of urea groups is 1. The minimum atomic E-state index is -0.786. The molecule has 1 aromatic rings. The predicted octanol–water partition coefficient (Wildman–Crippen LogP) is 3.21. The second-order valence-electron chi connectivity index (χ2n) is 7.59. The molecule has 0 radical (unpaired) electrons. The van der Waals surface area contributed by atoms with Gasteiger partial charge in [0.25, 0.3) is 0 Å². The van der Waals surface area contributed by atoms with Crippen LogP contribution in [-0.4, -0.2) is 46.9 Å². The third-order valence-corrected chi connectivity index (χ3v) is 5.75. The molecule has 6 nitrogen and oxygen atoms in total. The van der Waals surface area contributed by atoms with Crippen LogP contribution in [-0.2, 0) is 4.79 Å². The average Bonchev–Trinajstić information content (AvgIpc) is 2.69. The van der Waals surface area contributed by atoms with Crippen molar-refractivity contribution in [3.8, 4) is 0 Å². The first-order valence-corrected chi connectivity index (χ1v) is 9.62. The number of hydrogen-bond acceptors (Lipinski definition) is 3. The molecular formula is C20H24F2N2O4. The van der Waals surface area contributed by atoms with E-state index in [1.165, 1.54) is 0 Å². The van der Waals surface area contributed by atoms with Crippen molar-refractivity contribution in [3.63, 3.8) is 0 Å². The topological polar surface area (TPSA) is 86.7 Å². The molecule has 152 valence electrons. The van der Waals surface area contributed by atoms with E-state index < -0.39 is 29.3 Å². The summed E-state index contributed by atoms with van der Waals surface area (Å²) in [5.74, 6) is -3.37. The van der Waals surface area contributed by atoms with E-state index in [0.717, 1.165) is 18.2 Å². The van der Waals surface area contributed by atoms with Crippen molar-refractivity contribution in [2.24, 2.45) is 11.8 Å². The van der Waals surface area contributed by atoms with Crippen molar-refractivity contribution in [2.45, 2.75) is 44.6 Å². The van der Waals surface area contributed by atoms with Crippen molar-refractivity contribution >= 4 is 17.8 Å². The summed E-state index contributed by atoms with van der Waals surface area (Å²) in [5, 5.41) is 12.0. The molecule has 2 N–H and O–H groups in total. The number of carboxylic acids is 1. The molecule has 1 saturated heterocycles. The lowest BCUT2D eigenvalue weighted by atomic mass is 9.86. The Bertz CT molecular complexity index is 755. The first kappa shape index (κ1) is 20.2. The second-order valence-corrected chi connectivity index (χ2v) is 7.59. The molecule has 2 fully saturated rings. The number of halogens is 2. The van der Waals surface area contributed by atoms with Gasteiger partial charge in [0.2, 0.25) is 0 Å². The number of carbonyl (C=O) groups is 3. The predicted molar refractivity (Wildman–Crippen MR) is 96.9 cm³/mol. The highest BCUT2D eigenvalue weighted by molar-refractivity contribution is 5.98. The molecule has 1 aliphatic carbocycles. The first-order valence-electron chi connectivity index (χ1n) is 9.62. The Morgan fingerprint density at radius 2 is 1.61 bits per heavy atom. The summed E-state index contributed by atoms with van der Waals surface area (Å²) >= 11 is 0. The molecule has 1 aromatic carbocycles. The number of aliphatic carboxylic acids is 1. The number of nitrogens with zero attached hydrogens (tertiary/aromatic N) is 1. The summed E-state index contributed by atoms with van der Waals surface area (Å²) in [6.07, 6.45) is 3.17. The van der Waals surface area contributed by atoms with E-state index in [-0.39, 0.29) is 23.6 Å². The Hall–Kier alpha value is -2.51. The summed E-state index contributed by atoms with van der Waals surface area (Å²) in [5.41, 5.74) is -0.238. The van der Waals surface area contributed by atoms with Crippen molar-refractivity contribution in [3.05, 3.63) is 35.4 Å². The number of Topliss-reactive ketones (excluding diaryl/α,β-unsaturated/α-hetero) is 1. The number of ketones is 1. The van der Waals surface area contributed by atoms with Gasteiger partial charge in [-0.2, -0.15) is 0 Å². The molecule has 28 heavy (non-hydrogen) atoms. The summed E-state index contributed by atoms with van der Waals surface area (Å²) in [7, 11) is 0. The number of nitrogens with one attached hydrogen (secondary N) is 1. The molecular weight excluding hydrogens is 370 g/mol. The second kappa shape index (κ2) is 8.67. The van der Waals surface area contributed by atoms with Crippen molar-refractivity contribution < 1.29 is 28.3 Å². The molecule has 1 aliphatic heterocycles. The van der Waals surface area contributed by atoms with Crippen molar-refractivity contribution in [1.82, 2.24) is 10.2 Å². The molecule has 0 aromatic heterocycles. The molecule has 2 amide bonds. The maximum Gasteiger partial charge on any atom is 0.317 e. The van der Waals surface area contributed by atoms with E-state index in [0.29, 0.717) is 51.6 Å². The van der Waals surface area contributed by atoms with Crippen LogP contribution in [0.2, 0.25) is 0 Å². The summed E-state index contributed by atoms with van der Waals surface area (Å²) in [6.45, 7) is 0.729.